The summed E-state index contributed by atoms with van der Waals surface area (Å²) in [5.74, 6) is 0.295. The highest BCUT2D eigenvalue weighted by Gasteiger charge is 2.13. The van der Waals surface area contributed by atoms with Crippen LogP contribution in [0, 0.1) is 0 Å². The summed E-state index contributed by atoms with van der Waals surface area (Å²) in [6.07, 6.45) is 1.51. The molecule has 2 heterocycles. The molecule has 7 heteroatoms. The molecule has 0 unspecified atom stereocenters. The number of rotatable bonds is 2. The van der Waals surface area contributed by atoms with E-state index in [1.54, 1.807) is 11.6 Å². The van der Waals surface area contributed by atoms with Crippen molar-refractivity contribution in [3.05, 3.63) is 27.2 Å². The SMILES string of the molecule is Cn1c(=O)c2c(ncn2C)n(CCCl)c1=O. The number of alkyl halides is 1. The van der Waals surface area contributed by atoms with E-state index in [-0.39, 0.29) is 5.56 Å². The van der Waals surface area contributed by atoms with Crippen LogP contribution in [-0.4, -0.2) is 24.6 Å². The first-order chi connectivity index (χ1) is 7.57. The molecular formula is C9H11ClN4O2. The number of fused-ring (bicyclic) bond motifs is 1. The Morgan fingerprint density at radius 2 is 2.06 bits per heavy atom. The molecule has 0 saturated heterocycles. The third-order valence-electron chi connectivity index (χ3n) is 2.51. The molecule has 0 aromatic carbocycles. The number of halogens is 1. The minimum absolute atomic E-state index is 0.295. The van der Waals surface area contributed by atoms with Crippen LogP contribution in [0.3, 0.4) is 0 Å². The van der Waals surface area contributed by atoms with Crippen LogP contribution in [0.1, 0.15) is 0 Å². The summed E-state index contributed by atoms with van der Waals surface area (Å²) < 4.78 is 4.07. The van der Waals surface area contributed by atoms with Gasteiger partial charge in [0.15, 0.2) is 11.2 Å². The van der Waals surface area contributed by atoms with Gasteiger partial charge in [0.05, 0.1) is 6.33 Å². The van der Waals surface area contributed by atoms with Crippen LogP contribution in [0.2, 0.25) is 0 Å². The first-order valence-electron chi connectivity index (χ1n) is 4.74. The second-order valence-corrected chi connectivity index (χ2v) is 3.89. The van der Waals surface area contributed by atoms with Crippen molar-refractivity contribution in [3.8, 4) is 0 Å². The van der Waals surface area contributed by atoms with Crippen molar-refractivity contribution in [1.29, 1.82) is 0 Å². The molecule has 6 nitrogen and oxygen atoms in total. The molecule has 0 fully saturated rings. The van der Waals surface area contributed by atoms with Crippen LogP contribution in [0.5, 0.6) is 0 Å². The van der Waals surface area contributed by atoms with Gasteiger partial charge in [0.25, 0.3) is 5.56 Å². The van der Waals surface area contributed by atoms with Gasteiger partial charge >= 0.3 is 5.69 Å². The Labute approximate surface area is 95.7 Å². The van der Waals surface area contributed by atoms with Gasteiger partial charge in [-0.15, -0.1) is 11.6 Å². The molecule has 86 valence electrons. The Bertz CT molecular complexity index is 652. The lowest BCUT2D eigenvalue weighted by atomic mass is 10.5. The van der Waals surface area contributed by atoms with Crippen molar-refractivity contribution in [2.75, 3.05) is 5.88 Å². The van der Waals surface area contributed by atoms with Gasteiger partial charge in [0.1, 0.15) is 0 Å². The van der Waals surface area contributed by atoms with Crippen LogP contribution < -0.4 is 11.2 Å². The lowest BCUT2D eigenvalue weighted by Crippen LogP contribution is -2.39. The fourth-order valence-corrected chi connectivity index (χ4v) is 1.83. The van der Waals surface area contributed by atoms with E-state index in [9.17, 15) is 9.59 Å². The zero-order chi connectivity index (χ0) is 11.9. The summed E-state index contributed by atoms with van der Waals surface area (Å²) in [5.41, 5.74) is 0.0612. The molecule has 0 aliphatic heterocycles. The molecule has 0 spiro atoms. The molecule has 16 heavy (non-hydrogen) atoms. The highest BCUT2D eigenvalue weighted by molar-refractivity contribution is 6.17. The molecule has 0 amide bonds. The van der Waals surface area contributed by atoms with E-state index >= 15 is 0 Å². The molecule has 0 aliphatic carbocycles. The molecule has 0 saturated carbocycles. The van der Waals surface area contributed by atoms with Gasteiger partial charge in [-0.1, -0.05) is 0 Å². The maximum Gasteiger partial charge on any atom is 0.332 e. The van der Waals surface area contributed by atoms with Crippen LogP contribution in [0.15, 0.2) is 15.9 Å². The van der Waals surface area contributed by atoms with Crippen LogP contribution in [-0.2, 0) is 20.6 Å². The van der Waals surface area contributed by atoms with Crippen LogP contribution in [0.25, 0.3) is 11.2 Å². The number of hydrogen-bond acceptors (Lipinski definition) is 3. The summed E-state index contributed by atoms with van der Waals surface area (Å²) in [4.78, 5) is 27.7. The fourth-order valence-electron chi connectivity index (χ4n) is 1.67. The highest BCUT2D eigenvalue weighted by atomic mass is 35.5. The lowest BCUT2D eigenvalue weighted by Gasteiger charge is -2.06. The molecule has 0 radical (unpaired) electrons. The number of hydrogen-bond donors (Lipinski definition) is 0. The van der Waals surface area contributed by atoms with E-state index in [4.69, 9.17) is 11.6 Å². The second-order valence-electron chi connectivity index (χ2n) is 3.52. The topological polar surface area (TPSA) is 61.8 Å². The van der Waals surface area contributed by atoms with E-state index in [0.29, 0.717) is 23.6 Å². The number of nitrogens with zero attached hydrogens (tertiary/aromatic N) is 4. The van der Waals surface area contributed by atoms with E-state index in [0.717, 1.165) is 4.57 Å². The summed E-state index contributed by atoms with van der Waals surface area (Å²) in [7, 11) is 3.16. The van der Waals surface area contributed by atoms with Crippen molar-refractivity contribution in [3.63, 3.8) is 0 Å². The summed E-state index contributed by atoms with van der Waals surface area (Å²) in [6, 6.07) is 0. The Balaban J connectivity index is 3.00. The van der Waals surface area contributed by atoms with Gasteiger partial charge in [-0.3, -0.25) is 13.9 Å². The zero-order valence-electron chi connectivity index (χ0n) is 8.97. The molecule has 0 atom stereocenters. The average Bonchev–Trinajstić information content (AvgIpc) is 2.64. The molecular weight excluding hydrogens is 232 g/mol. The largest absolute Gasteiger partial charge is 0.332 e. The second kappa shape index (κ2) is 3.79. The first kappa shape index (κ1) is 10.9. The maximum atomic E-state index is 11.8. The predicted molar refractivity (Wildman–Crippen MR) is 60.9 cm³/mol. The third kappa shape index (κ3) is 1.37. The highest BCUT2D eigenvalue weighted by Crippen LogP contribution is 2.04. The van der Waals surface area contributed by atoms with E-state index in [2.05, 4.69) is 4.98 Å². The quantitative estimate of drug-likeness (QED) is 0.678. The van der Waals surface area contributed by atoms with E-state index in [1.807, 2.05) is 0 Å². The summed E-state index contributed by atoms with van der Waals surface area (Å²) in [6.45, 7) is 0.335. The Morgan fingerprint density at radius 1 is 1.38 bits per heavy atom. The number of imidazole rings is 1. The van der Waals surface area contributed by atoms with Crippen molar-refractivity contribution in [2.45, 2.75) is 6.54 Å². The first-order valence-corrected chi connectivity index (χ1v) is 5.28. The molecule has 0 N–H and O–H groups in total. The summed E-state index contributed by atoms with van der Waals surface area (Å²) >= 11 is 5.63. The predicted octanol–water partition coefficient (Wildman–Crippen LogP) is -0.328. The molecule has 2 aromatic rings. The Morgan fingerprint density at radius 3 is 2.69 bits per heavy atom. The van der Waals surface area contributed by atoms with Gasteiger partial charge < -0.3 is 4.57 Å². The number of aryl methyl sites for hydroxylation is 2. The van der Waals surface area contributed by atoms with Crippen LogP contribution in [0.4, 0.5) is 0 Å². The zero-order valence-corrected chi connectivity index (χ0v) is 9.73. The standard InChI is InChI=1S/C9H11ClN4O2/c1-12-5-11-7-6(12)8(15)13(2)9(16)14(7)4-3-10/h5H,3-4H2,1-2H3. The van der Waals surface area contributed by atoms with E-state index in [1.165, 1.54) is 17.9 Å². The van der Waals surface area contributed by atoms with Gasteiger partial charge in [-0.05, 0) is 0 Å². The molecule has 2 rings (SSSR count). The third-order valence-corrected chi connectivity index (χ3v) is 2.68. The van der Waals surface area contributed by atoms with Crippen molar-refractivity contribution < 1.29 is 0 Å². The lowest BCUT2D eigenvalue weighted by molar-refractivity contribution is 0.653. The normalized spacial score (nSPS) is 11.2. The fraction of sp³-hybridized carbons (Fsp3) is 0.444. The van der Waals surface area contributed by atoms with Gasteiger partial charge in [0, 0.05) is 26.5 Å². The van der Waals surface area contributed by atoms with E-state index < -0.39 is 5.69 Å². The maximum absolute atomic E-state index is 11.8. The van der Waals surface area contributed by atoms with Crippen molar-refractivity contribution in [1.82, 2.24) is 18.7 Å². The average molecular weight is 243 g/mol. The Kier molecular flexibility index (Phi) is 2.59. The minimum Gasteiger partial charge on any atom is -0.328 e. The molecule has 0 aliphatic rings. The van der Waals surface area contributed by atoms with Gasteiger partial charge in [-0.25, -0.2) is 9.78 Å². The van der Waals surface area contributed by atoms with Gasteiger partial charge in [0.2, 0.25) is 0 Å². The van der Waals surface area contributed by atoms with Gasteiger partial charge in [-0.2, -0.15) is 0 Å². The summed E-state index contributed by atoms with van der Waals surface area (Å²) in [5, 5.41) is 0. The molecule has 2 aromatic heterocycles. The van der Waals surface area contributed by atoms with Crippen molar-refractivity contribution in [2.24, 2.45) is 14.1 Å². The molecule has 0 bridgehead atoms. The van der Waals surface area contributed by atoms with Crippen molar-refractivity contribution >= 4 is 22.8 Å². The van der Waals surface area contributed by atoms with Crippen LogP contribution >= 0.6 is 11.6 Å². The number of aromatic nitrogens is 4. The minimum atomic E-state index is -0.392. The monoisotopic (exact) mass is 242 g/mol. The Hall–Kier alpha value is -1.56. The smallest absolute Gasteiger partial charge is 0.328 e.